The Balaban J connectivity index is 0.000000102. The van der Waals surface area contributed by atoms with E-state index in [9.17, 15) is 67.3 Å². The highest BCUT2D eigenvalue weighted by Gasteiger charge is 2.64. The standard InChI is InChI=1S/3C29H32FN3O3S.C29H33N3O3S/c3*30-23-8-4-7-22-25-15-31-17-33(25)24(27(22)23)11-26(34)29-12-19-9-20(13-29)28(21(10-19)14-29)32-37(35,36)16-18-5-2-1-3-6-18;33-27(12-25-23-8-4-5-9-24(23)26-16-30-18-32(25)26)29-13-20-10-21(14-29)28(22(11-20)15-29)31-36(34,35)17-19-6-2-1-3-7-19/h3*1-8,15,17,19-21,24,26,28,32,34H,9-14,16H2;1-9,16,18,20-22,25,27-28,31,33H,10-15,17H2/t19?,20?,21?,24-,26+,28?,29?;19?,20?,21?,24-,26-,28?,29?;;/m00../s1. The van der Waals surface area contributed by atoms with Gasteiger partial charge in [-0.05, 0) is 293 Å². The minimum atomic E-state index is -3.47. The smallest absolute Gasteiger partial charge is 0.216 e. The molecular weight excluding hydrogens is 1940 g/mol. The van der Waals surface area contributed by atoms with Crippen LogP contribution in [-0.4, -0.2) is 141 Å². The summed E-state index contributed by atoms with van der Waals surface area (Å²) in [6.45, 7) is 0. The Bertz CT molecular complexity index is 6860. The molecule has 0 saturated heterocycles. The molecule has 8 N–H and O–H groups in total. The minimum absolute atomic E-state index is 0.0111. The molecule has 16 bridgehead atoms. The van der Waals surface area contributed by atoms with Crippen LogP contribution in [0.1, 0.15) is 223 Å². The Morgan fingerprint density at radius 2 is 0.497 bits per heavy atom. The number of hydrogen-bond acceptors (Lipinski definition) is 16. The van der Waals surface area contributed by atoms with Crippen molar-refractivity contribution < 1.29 is 67.3 Å². The number of imidazole rings is 4. The third-order valence-corrected chi connectivity index (χ3v) is 43.9. The molecule has 16 atom stereocenters. The number of nitrogens with one attached hydrogen (secondary N) is 4. The van der Waals surface area contributed by atoms with E-state index < -0.39 is 64.5 Å². The second-order valence-electron chi connectivity index (χ2n) is 47.4. The maximum atomic E-state index is 15.0. The van der Waals surface area contributed by atoms with Gasteiger partial charge in [0.25, 0.3) is 0 Å². The van der Waals surface area contributed by atoms with Crippen LogP contribution in [0.2, 0.25) is 0 Å². The van der Waals surface area contributed by atoms with E-state index in [0.29, 0.717) is 77.9 Å². The van der Waals surface area contributed by atoms with Crippen LogP contribution in [0.15, 0.2) is 250 Å². The van der Waals surface area contributed by atoms with E-state index in [1.807, 2.05) is 166 Å². The number of sulfonamides is 4. The molecule has 0 spiro atoms. The molecule has 0 radical (unpaired) electrons. The molecule has 8 heterocycles. The fourth-order valence-corrected chi connectivity index (χ4v) is 39.7. The lowest BCUT2D eigenvalue weighted by Crippen LogP contribution is -2.61. The maximum absolute atomic E-state index is 15.0. The Morgan fingerprint density at radius 3 is 0.755 bits per heavy atom. The first-order chi connectivity index (χ1) is 70.9. The van der Waals surface area contributed by atoms with Gasteiger partial charge in [0.1, 0.15) is 17.5 Å². The number of aliphatic hydroxyl groups is 4. The molecule has 770 valence electrons. The molecule has 4 aliphatic heterocycles. The van der Waals surface area contributed by atoms with Crippen molar-refractivity contribution in [3.63, 3.8) is 0 Å². The van der Waals surface area contributed by atoms with Crippen LogP contribution in [-0.2, 0) is 63.1 Å². The van der Waals surface area contributed by atoms with E-state index in [1.54, 1.807) is 55.8 Å². The van der Waals surface area contributed by atoms with Gasteiger partial charge in [-0.2, -0.15) is 0 Å². The number of fused-ring (bicyclic) bond motifs is 12. The van der Waals surface area contributed by atoms with Gasteiger partial charge < -0.3 is 38.7 Å². The van der Waals surface area contributed by atoms with E-state index >= 15 is 0 Å². The van der Waals surface area contributed by atoms with E-state index in [0.717, 1.165) is 190 Å². The van der Waals surface area contributed by atoms with Crippen molar-refractivity contribution >= 4 is 40.1 Å². The zero-order chi connectivity index (χ0) is 101. The summed E-state index contributed by atoms with van der Waals surface area (Å²) in [5.74, 6) is 3.35. The molecule has 32 rings (SSSR count). The zero-order valence-electron chi connectivity index (χ0n) is 82.2. The second kappa shape index (κ2) is 37.7. The summed E-state index contributed by atoms with van der Waals surface area (Å²) in [7, 11) is -13.8. The van der Waals surface area contributed by atoms with Crippen LogP contribution in [0.4, 0.5) is 13.2 Å². The second-order valence-corrected chi connectivity index (χ2v) is 54.4. The van der Waals surface area contributed by atoms with Crippen molar-refractivity contribution in [3.05, 3.63) is 312 Å². The average molecular weight is 2070 g/mol. The quantitative estimate of drug-likeness (QED) is 0.0226. The van der Waals surface area contributed by atoms with Crippen LogP contribution in [0.5, 0.6) is 0 Å². The van der Waals surface area contributed by atoms with Gasteiger partial charge in [-0.1, -0.05) is 182 Å². The van der Waals surface area contributed by atoms with Gasteiger partial charge in [0, 0.05) is 63.1 Å². The summed E-state index contributed by atoms with van der Waals surface area (Å²) in [6.07, 6.45) is 33.0. The van der Waals surface area contributed by atoms with Crippen molar-refractivity contribution in [3.8, 4) is 45.0 Å². The van der Waals surface area contributed by atoms with E-state index in [1.165, 1.54) is 29.3 Å². The molecule has 147 heavy (non-hydrogen) atoms. The SMILES string of the molecule is O=S(=O)(Cc1ccccc1)NC1C2CC3CC1CC(C(O)CC1c4c(F)cccc4-c4cncn41)(C3)C2.O=S(=O)(Cc1ccccc1)NC1C2CC3CC1CC(C(O)CC1c4ccccc4-c4cncn41)(C3)C2.O=S(=O)(Cc1ccccc1)NC1C2CC3CC1CC([C@@H](O)C[C@H]1c4c(F)cccc4-c4cncn41)(C3)C2.O=S(=O)(Cc1ccccc1)NC1C2CC3CC1CC([C@H](O)C[C@H]1c4c(F)cccc4-c4cncn41)(C3)C2. The first kappa shape index (κ1) is 97.6. The van der Waals surface area contributed by atoms with Gasteiger partial charge >= 0.3 is 0 Å². The molecule has 31 heteroatoms. The normalized spacial score (nSPS) is 32.5. The third kappa shape index (κ3) is 18.1. The Morgan fingerprint density at radius 1 is 0.279 bits per heavy atom. The van der Waals surface area contributed by atoms with E-state index in [2.05, 4.69) is 67.7 Å². The summed E-state index contributed by atoms with van der Waals surface area (Å²) < 4.78 is 170. The molecule has 8 aromatic carbocycles. The van der Waals surface area contributed by atoms with Gasteiger partial charge in [0.15, 0.2) is 0 Å². The highest BCUT2D eigenvalue weighted by atomic mass is 32.2. The number of halogens is 3. The Labute approximate surface area is 858 Å². The molecule has 20 aliphatic rings. The average Bonchev–Trinajstić information content (AvgIpc) is 1.68. The largest absolute Gasteiger partial charge is 0.392 e. The fourth-order valence-electron chi connectivity index (χ4n) is 33.6. The molecular formula is C116H129F3N12O12S4. The van der Waals surface area contributed by atoms with Crippen LogP contribution in [0.3, 0.4) is 0 Å². The zero-order valence-corrected chi connectivity index (χ0v) is 85.5. The lowest BCUT2D eigenvalue weighted by molar-refractivity contribution is -0.134. The van der Waals surface area contributed by atoms with Crippen LogP contribution in [0.25, 0.3) is 45.0 Å². The predicted octanol–water partition coefficient (Wildman–Crippen LogP) is 18.5. The number of rotatable bonds is 28. The van der Waals surface area contributed by atoms with Crippen LogP contribution < -0.4 is 18.9 Å². The summed E-state index contributed by atoms with van der Waals surface area (Å²) >= 11 is 0. The highest BCUT2D eigenvalue weighted by molar-refractivity contribution is 7.89. The van der Waals surface area contributed by atoms with Crippen LogP contribution in [0, 0.1) is 110 Å². The van der Waals surface area contributed by atoms with Crippen molar-refractivity contribution in [2.75, 3.05) is 0 Å². The minimum Gasteiger partial charge on any atom is -0.392 e. The Hall–Kier alpha value is -10.1. The summed E-state index contributed by atoms with van der Waals surface area (Å²) in [5.41, 5.74) is 13.1. The van der Waals surface area contributed by atoms with Crippen molar-refractivity contribution in [1.82, 2.24) is 57.1 Å². The molecule has 24 nitrogen and oxygen atoms in total. The first-order valence-corrected chi connectivity index (χ1v) is 59.9. The third-order valence-electron chi connectivity index (χ3n) is 38.5. The summed E-state index contributed by atoms with van der Waals surface area (Å²) in [5, 5.41) is 47.1. The van der Waals surface area contributed by atoms with Gasteiger partial charge in [-0.15, -0.1) is 0 Å². The van der Waals surface area contributed by atoms with Gasteiger partial charge in [-0.25, -0.2) is 85.7 Å². The fraction of sp³-hybridized carbons (Fsp3) is 0.483. The Kier molecular flexibility index (Phi) is 25.1. The lowest BCUT2D eigenvalue weighted by atomic mass is 9.46. The number of benzene rings is 8. The lowest BCUT2D eigenvalue weighted by Gasteiger charge is -2.61. The highest BCUT2D eigenvalue weighted by Crippen LogP contribution is 2.68. The summed E-state index contributed by atoms with van der Waals surface area (Å²) in [4.78, 5) is 17.3. The first-order valence-electron chi connectivity index (χ1n) is 53.3. The molecule has 16 fully saturated rings. The van der Waals surface area contributed by atoms with Crippen molar-refractivity contribution in [2.24, 2.45) is 92.7 Å². The van der Waals surface area contributed by atoms with Gasteiger partial charge in [0.2, 0.25) is 40.1 Å². The van der Waals surface area contributed by atoms with Crippen molar-refractivity contribution in [2.45, 2.75) is 250 Å². The molecule has 12 aromatic rings. The molecule has 0 amide bonds. The number of hydrogen-bond donors (Lipinski definition) is 8. The molecule has 16 saturated carbocycles. The maximum Gasteiger partial charge on any atom is 0.216 e. The summed E-state index contributed by atoms with van der Waals surface area (Å²) in [6, 6.07) is 60.2. The molecule has 16 aliphatic carbocycles. The monoisotopic (exact) mass is 2070 g/mol. The molecule has 4 aromatic heterocycles. The number of aromatic nitrogens is 8. The van der Waals surface area contributed by atoms with E-state index in [4.69, 9.17) is 0 Å². The van der Waals surface area contributed by atoms with Crippen molar-refractivity contribution in [1.29, 1.82) is 0 Å². The van der Waals surface area contributed by atoms with Crippen LogP contribution >= 0.6 is 0 Å². The topological polar surface area (TPSA) is 337 Å². The predicted molar refractivity (Wildman–Crippen MR) is 553 cm³/mol. The van der Waals surface area contributed by atoms with Gasteiger partial charge in [0.05, 0.1) is 144 Å². The van der Waals surface area contributed by atoms with Gasteiger partial charge in [-0.3, -0.25) is 0 Å². The number of nitrogens with zero attached hydrogens (tertiary/aromatic N) is 8. The molecule has 12 unspecified atom stereocenters. The number of aliphatic hydroxyl groups excluding tert-OH is 4. The van der Waals surface area contributed by atoms with E-state index in [-0.39, 0.29) is 146 Å².